The minimum absolute atomic E-state index is 0.434. The van der Waals surface area contributed by atoms with Crippen LogP contribution in [-0.4, -0.2) is 10.1 Å². The summed E-state index contributed by atoms with van der Waals surface area (Å²) in [6.07, 6.45) is 1.74. The molecule has 0 radical (unpaired) electrons. The van der Waals surface area contributed by atoms with Crippen LogP contribution in [0.4, 0.5) is 0 Å². The average Bonchev–Trinajstić information content (AvgIpc) is 3.05. The molecule has 0 aliphatic carbocycles. The highest BCUT2D eigenvalue weighted by Gasteiger charge is 2.28. The number of nitrogens with two attached hydrogens (primary N) is 1. The molecular weight excluding hydrogens is 254 g/mol. The van der Waals surface area contributed by atoms with Gasteiger partial charge >= 0.3 is 0 Å². The third-order valence-corrected chi connectivity index (χ3v) is 3.33. The average molecular weight is 271 g/mol. The Hall–Kier alpha value is -2.14. The first-order chi connectivity index (χ1) is 9.60. The highest BCUT2D eigenvalue weighted by molar-refractivity contribution is 5.81. The van der Waals surface area contributed by atoms with Gasteiger partial charge in [-0.15, -0.1) is 0 Å². The lowest BCUT2D eigenvalue weighted by Gasteiger charge is -2.17. The summed E-state index contributed by atoms with van der Waals surface area (Å²) in [7, 11) is 0. The zero-order chi connectivity index (χ0) is 14.2. The van der Waals surface area contributed by atoms with E-state index in [1.807, 2.05) is 37.3 Å². The van der Waals surface area contributed by atoms with Crippen molar-refractivity contribution in [2.45, 2.75) is 32.2 Å². The van der Waals surface area contributed by atoms with Crippen LogP contribution in [0.2, 0.25) is 0 Å². The number of hydrogen-bond donors (Lipinski definition) is 1. The predicted molar refractivity (Wildman–Crippen MR) is 76.0 cm³/mol. The van der Waals surface area contributed by atoms with Gasteiger partial charge in [-0.25, -0.2) is 0 Å². The second-order valence-electron chi connectivity index (χ2n) is 5.24. The highest BCUT2D eigenvalue weighted by Crippen LogP contribution is 2.28. The first-order valence-electron chi connectivity index (χ1n) is 6.72. The van der Waals surface area contributed by atoms with E-state index in [1.54, 1.807) is 0 Å². The van der Waals surface area contributed by atoms with Crippen molar-refractivity contribution in [3.8, 4) is 11.6 Å². The molecule has 2 heterocycles. The van der Waals surface area contributed by atoms with Crippen molar-refractivity contribution < 1.29 is 8.94 Å². The number of benzene rings is 1. The molecule has 1 aromatic carbocycles. The molecule has 5 heteroatoms. The molecule has 0 saturated carbocycles. The van der Waals surface area contributed by atoms with E-state index in [2.05, 4.69) is 17.1 Å². The topological polar surface area (TPSA) is 78.1 Å². The lowest BCUT2D eigenvalue weighted by Crippen LogP contribution is -2.33. The lowest BCUT2D eigenvalue weighted by atomic mass is 9.98. The maximum Gasteiger partial charge on any atom is 0.246 e. The van der Waals surface area contributed by atoms with E-state index in [4.69, 9.17) is 14.7 Å². The number of aromatic nitrogens is 2. The van der Waals surface area contributed by atoms with E-state index in [0.29, 0.717) is 17.5 Å². The molecule has 0 amide bonds. The first kappa shape index (κ1) is 12.9. The smallest absolute Gasteiger partial charge is 0.246 e. The molecule has 20 heavy (non-hydrogen) atoms. The zero-order valence-corrected chi connectivity index (χ0v) is 11.6. The second-order valence-corrected chi connectivity index (χ2v) is 5.24. The maximum atomic E-state index is 6.19. The van der Waals surface area contributed by atoms with Gasteiger partial charge in [0.25, 0.3) is 0 Å². The second kappa shape index (κ2) is 4.76. The molecular formula is C15H17N3O2. The Balaban J connectivity index is 1.97. The number of fused-ring (bicyclic) bond motifs is 1. The number of para-hydroxylation sites is 1. The molecule has 0 saturated heterocycles. The van der Waals surface area contributed by atoms with Gasteiger partial charge in [-0.05, 0) is 25.5 Å². The largest absolute Gasteiger partial charge is 0.453 e. The van der Waals surface area contributed by atoms with Crippen molar-refractivity contribution in [1.29, 1.82) is 0 Å². The Kier molecular flexibility index (Phi) is 3.06. The Bertz CT molecular complexity index is 694. The van der Waals surface area contributed by atoms with Crippen molar-refractivity contribution in [2.24, 2.45) is 5.73 Å². The SMILES string of the molecule is CCCC(C)(N)c1nc(-c2cc3ccccc3o2)no1. The van der Waals surface area contributed by atoms with E-state index in [-0.39, 0.29) is 0 Å². The molecule has 1 unspecified atom stereocenters. The van der Waals surface area contributed by atoms with Gasteiger partial charge in [0, 0.05) is 5.39 Å². The zero-order valence-electron chi connectivity index (χ0n) is 11.6. The van der Waals surface area contributed by atoms with Gasteiger partial charge < -0.3 is 14.7 Å². The molecule has 0 bridgehead atoms. The summed E-state index contributed by atoms with van der Waals surface area (Å²) in [6.45, 7) is 3.97. The quantitative estimate of drug-likeness (QED) is 0.786. The van der Waals surface area contributed by atoms with E-state index in [1.165, 1.54) is 0 Å². The fraction of sp³-hybridized carbons (Fsp3) is 0.333. The van der Waals surface area contributed by atoms with Crippen LogP contribution in [0.1, 0.15) is 32.6 Å². The fourth-order valence-corrected chi connectivity index (χ4v) is 2.27. The summed E-state index contributed by atoms with van der Waals surface area (Å²) in [4.78, 5) is 4.37. The van der Waals surface area contributed by atoms with Crippen LogP contribution in [0.25, 0.3) is 22.6 Å². The third-order valence-electron chi connectivity index (χ3n) is 3.33. The van der Waals surface area contributed by atoms with E-state index in [0.717, 1.165) is 23.8 Å². The van der Waals surface area contributed by atoms with Gasteiger partial charge in [0.2, 0.25) is 11.7 Å². The third kappa shape index (κ3) is 2.20. The van der Waals surface area contributed by atoms with Crippen LogP contribution in [0.15, 0.2) is 39.3 Å². The Labute approximate surface area is 116 Å². The molecule has 0 fully saturated rings. The molecule has 3 aromatic rings. The van der Waals surface area contributed by atoms with Crippen molar-refractivity contribution >= 4 is 11.0 Å². The van der Waals surface area contributed by atoms with E-state index >= 15 is 0 Å². The van der Waals surface area contributed by atoms with Crippen LogP contribution in [0.5, 0.6) is 0 Å². The Morgan fingerprint density at radius 1 is 1.30 bits per heavy atom. The molecule has 2 N–H and O–H groups in total. The summed E-state index contributed by atoms with van der Waals surface area (Å²) in [5.74, 6) is 1.47. The number of rotatable bonds is 4. The van der Waals surface area contributed by atoms with Gasteiger partial charge in [0.1, 0.15) is 5.58 Å². The maximum absolute atomic E-state index is 6.19. The minimum atomic E-state index is -0.605. The summed E-state index contributed by atoms with van der Waals surface area (Å²) >= 11 is 0. The van der Waals surface area contributed by atoms with E-state index in [9.17, 15) is 0 Å². The molecule has 2 aromatic heterocycles. The molecule has 0 aliphatic heterocycles. The van der Waals surface area contributed by atoms with Gasteiger partial charge in [-0.2, -0.15) is 4.98 Å². The summed E-state index contributed by atoms with van der Waals surface area (Å²) in [6, 6.07) is 9.67. The van der Waals surface area contributed by atoms with Crippen molar-refractivity contribution in [3.05, 3.63) is 36.2 Å². The minimum Gasteiger partial charge on any atom is -0.453 e. The van der Waals surface area contributed by atoms with Gasteiger partial charge in [-0.1, -0.05) is 36.7 Å². The van der Waals surface area contributed by atoms with Crippen LogP contribution in [0, 0.1) is 0 Å². The van der Waals surface area contributed by atoms with Crippen LogP contribution < -0.4 is 5.73 Å². The summed E-state index contributed by atoms with van der Waals surface area (Å²) in [5.41, 5.74) is 6.39. The van der Waals surface area contributed by atoms with Crippen molar-refractivity contribution in [3.63, 3.8) is 0 Å². The lowest BCUT2D eigenvalue weighted by molar-refractivity contribution is 0.283. The number of nitrogens with zero attached hydrogens (tertiary/aromatic N) is 2. The first-order valence-corrected chi connectivity index (χ1v) is 6.72. The Morgan fingerprint density at radius 2 is 2.10 bits per heavy atom. The van der Waals surface area contributed by atoms with Crippen molar-refractivity contribution in [1.82, 2.24) is 10.1 Å². The number of furan rings is 1. The fourth-order valence-electron chi connectivity index (χ4n) is 2.27. The molecule has 0 aliphatic rings. The molecule has 3 rings (SSSR count). The standard InChI is InChI=1S/C15H17N3O2/c1-3-8-15(2,16)14-17-13(18-20-14)12-9-10-6-4-5-7-11(10)19-12/h4-7,9H,3,8,16H2,1-2H3. The Morgan fingerprint density at radius 3 is 2.85 bits per heavy atom. The molecule has 104 valence electrons. The monoisotopic (exact) mass is 271 g/mol. The molecule has 1 atom stereocenters. The predicted octanol–water partition coefficient (Wildman–Crippen LogP) is 3.46. The molecule has 5 nitrogen and oxygen atoms in total. The van der Waals surface area contributed by atoms with Crippen LogP contribution in [0.3, 0.4) is 0 Å². The van der Waals surface area contributed by atoms with Crippen LogP contribution in [-0.2, 0) is 5.54 Å². The highest BCUT2D eigenvalue weighted by atomic mass is 16.5. The van der Waals surface area contributed by atoms with E-state index < -0.39 is 5.54 Å². The van der Waals surface area contributed by atoms with Gasteiger partial charge in [-0.3, -0.25) is 0 Å². The molecule has 0 spiro atoms. The van der Waals surface area contributed by atoms with Gasteiger partial charge in [0.15, 0.2) is 5.76 Å². The summed E-state index contributed by atoms with van der Waals surface area (Å²) < 4.78 is 11.0. The normalized spacial score (nSPS) is 14.6. The number of hydrogen-bond acceptors (Lipinski definition) is 5. The van der Waals surface area contributed by atoms with Crippen molar-refractivity contribution in [2.75, 3.05) is 0 Å². The van der Waals surface area contributed by atoms with Gasteiger partial charge in [0.05, 0.1) is 5.54 Å². The van der Waals surface area contributed by atoms with Crippen LogP contribution >= 0.6 is 0 Å². The summed E-state index contributed by atoms with van der Waals surface area (Å²) in [5, 5.41) is 4.98.